The first-order valence-electron chi connectivity index (χ1n) is 9.21. The molecule has 0 bridgehead atoms. The van der Waals surface area contributed by atoms with Gasteiger partial charge in [-0.15, -0.1) is 0 Å². The number of benzene rings is 1. The van der Waals surface area contributed by atoms with E-state index in [-0.39, 0.29) is 5.56 Å². The zero-order chi connectivity index (χ0) is 17.9. The van der Waals surface area contributed by atoms with Gasteiger partial charge in [-0.3, -0.25) is 9.36 Å². The fourth-order valence-corrected chi connectivity index (χ4v) is 3.54. The van der Waals surface area contributed by atoms with Crippen molar-refractivity contribution < 1.29 is 0 Å². The van der Waals surface area contributed by atoms with E-state index >= 15 is 0 Å². The van der Waals surface area contributed by atoms with Crippen molar-refractivity contribution in [2.75, 3.05) is 0 Å². The van der Waals surface area contributed by atoms with Crippen LogP contribution in [0.5, 0.6) is 0 Å². The average molecular weight is 343 g/mol. The van der Waals surface area contributed by atoms with E-state index < -0.39 is 0 Å². The average Bonchev–Trinajstić information content (AvgIpc) is 2.89. The summed E-state index contributed by atoms with van der Waals surface area (Å²) in [5.74, 6) is 7.76. The molecule has 2 aromatic heterocycles. The van der Waals surface area contributed by atoms with Gasteiger partial charge in [0, 0.05) is 24.7 Å². The topological polar surface area (TPSA) is 47.8 Å². The molecule has 3 heterocycles. The monoisotopic (exact) mass is 343 g/mol. The lowest BCUT2D eigenvalue weighted by Crippen LogP contribution is -2.24. The summed E-state index contributed by atoms with van der Waals surface area (Å²) in [7, 11) is 0. The molecule has 1 aliphatic rings. The molecule has 130 valence electrons. The predicted octanol–water partition coefficient (Wildman–Crippen LogP) is 3.55. The molecule has 4 nitrogen and oxygen atoms in total. The standard InChI is InChI=1S/C22H21N3O/c1-2-16-8-11-21-24-20-15-17(6-9-18-5-3-4-13-23-18)7-10-19(20)22(26)25(21)14-12-16/h3-5,7,10,13,15-16H,2,8,11-12,14H2,1H3. The van der Waals surface area contributed by atoms with E-state index in [0.29, 0.717) is 11.3 Å². The highest BCUT2D eigenvalue weighted by atomic mass is 16.1. The van der Waals surface area contributed by atoms with Crippen LogP contribution in [0.15, 0.2) is 47.4 Å². The van der Waals surface area contributed by atoms with Crippen LogP contribution < -0.4 is 5.56 Å². The van der Waals surface area contributed by atoms with E-state index in [4.69, 9.17) is 4.98 Å². The second-order valence-corrected chi connectivity index (χ2v) is 6.78. The van der Waals surface area contributed by atoms with Crippen LogP contribution in [0.25, 0.3) is 10.9 Å². The van der Waals surface area contributed by atoms with Gasteiger partial charge in [0.15, 0.2) is 0 Å². The van der Waals surface area contributed by atoms with Crippen molar-refractivity contribution in [2.45, 2.75) is 39.2 Å². The number of rotatable bonds is 1. The van der Waals surface area contributed by atoms with Crippen molar-refractivity contribution in [3.63, 3.8) is 0 Å². The van der Waals surface area contributed by atoms with Crippen molar-refractivity contribution in [3.05, 3.63) is 70.0 Å². The minimum Gasteiger partial charge on any atom is -0.296 e. The zero-order valence-electron chi connectivity index (χ0n) is 14.9. The van der Waals surface area contributed by atoms with Crippen LogP contribution in [0.3, 0.4) is 0 Å². The molecule has 0 spiro atoms. The Morgan fingerprint density at radius 1 is 1.19 bits per heavy atom. The molecule has 1 unspecified atom stereocenters. The maximum Gasteiger partial charge on any atom is 0.261 e. The van der Waals surface area contributed by atoms with Crippen molar-refractivity contribution in [1.29, 1.82) is 0 Å². The van der Waals surface area contributed by atoms with Crippen LogP contribution >= 0.6 is 0 Å². The van der Waals surface area contributed by atoms with Gasteiger partial charge in [-0.1, -0.05) is 25.3 Å². The number of nitrogens with zero attached hydrogens (tertiary/aromatic N) is 3. The molecule has 0 N–H and O–H groups in total. The van der Waals surface area contributed by atoms with Gasteiger partial charge in [-0.05, 0) is 55.0 Å². The maximum absolute atomic E-state index is 12.9. The predicted molar refractivity (Wildman–Crippen MR) is 103 cm³/mol. The molecule has 3 aromatic rings. The molecule has 0 fully saturated rings. The SMILES string of the molecule is CCC1CCc2nc3cc(C#Cc4ccccn4)ccc3c(=O)n2CC1. The molecule has 0 aliphatic carbocycles. The molecule has 1 atom stereocenters. The first-order valence-corrected chi connectivity index (χ1v) is 9.21. The Balaban J connectivity index is 1.74. The molecule has 4 rings (SSSR count). The van der Waals surface area contributed by atoms with E-state index in [9.17, 15) is 4.79 Å². The second kappa shape index (κ2) is 7.13. The van der Waals surface area contributed by atoms with Crippen LogP contribution in [-0.2, 0) is 13.0 Å². The third-order valence-corrected chi connectivity index (χ3v) is 5.15. The number of aromatic nitrogens is 3. The molecule has 4 heteroatoms. The third-order valence-electron chi connectivity index (χ3n) is 5.15. The van der Waals surface area contributed by atoms with E-state index in [0.717, 1.165) is 54.8 Å². The van der Waals surface area contributed by atoms with E-state index in [2.05, 4.69) is 23.7 Å². The first kappa shape index (κ1) is 16.5. The fraction of sp³-hybridized carbons (Fsp3) is 0.318. The Hall–Kier alpha value is -2.93. The molecular formula is C22H21N3O. The zero-order valence-corrected chi connectivity index (χ0v) is 14.9. The number of hydrogen-bond donors (Lipinski definition) is 0. The molecule has 0 radical (unpaired) electrons. The Bertz CT molecular complexity index is 1060. The second-order valence-electron chi connectivity index (χ2n) is 6.78. The summed E-state index contributed by atoms with van der Waals surface area (Å²) in [6.07, 6.45) is 5.92. The summed E-state index contributed by atoms with van der Waals surface area (Å²) in [4.78, 5) is 21.9. The lowest BCUT2D eigenvalue weighted by atomic mass is 9.98. The quantitative estimate of drug-likeness (QED) is 0.635. The van der Waals surface area contributed by atoms with Crippen molar-refractivity contribution in [1.82, 2.24) is 14.5 Å². The van der Waals surface area contributed by atoms with Crippen LogP contribution in [-0.4, -0.2) is 14.5 Å². The van der Waals surface area contributed by atoms with Crippen molar-refractivity contribution in [2.24, 2.45) is 5.92 Å². The van der Waals surface area contributed by atoms with Crippen LogP contribution in [0.2, 0.25) is 0 Å². The minimum absolute atomic E-state index is 0.0750. The lowest BCUT2D eigenvalue weighted by molar-refractivity contribution is 0.432. The van der Waals surface area contributed by atoms with Gasteiger partial charge in [0.25, 0.3) is 5.56 Å². The largest absolute Gasteiger partial charge is 0.296 e. The number of hydrogen-bond acceptors (Lipinski definition) is 3. The third kappa shape index (κ3) is 3.25. The highest BCUT2D eigenvalue weighted by Crippen LogP contribution is 2.22. The van der Waals surface area contributed by atoms with E-state index in [1.807, 2.05) is 41.0 Å². The summed E-state index contributed by atoms with van der Waals surface area (Å²) in [6.45, 7) is 3.00. The molecule has 1 aromatic carbocycles. The lowest BCUT2D eigenvalue weighted by Gasteiger charge is -2.10. The van der Waals surface area contributed by atoms with E-state index in [1.54, 1.807) is 6.20 Å². The van der Waals surface area contributed by atoms with Gasteiger partial charge in [0.2, 0.25) is 0 Å². The molecule has 26 heavy (non-hydrogen) atoms. The van der Waals surface area contributed by atoms with Crippen LogP contribution in [0.4, 0.5) is 0 Å². The summed E-state index contributed by atoms with van der Waals surface area (Å²) in [6, 6.07) is 11.3. The summed E-state index contributed by atoms with van der Waals surface area (Å²) < 4.78 is 1.87. The molecule has 0 amide bonds. The summed E-state index contributed by atoms with van der Waals surface area (Å²) >= 11 is 0. The summed E-state index contributed by atoms with van der Waals surface area (Å²) in [5.41, 5.74) is 2.39. The molecule has 0 saturated carbocycles. The first-order chi connectivity index (χ1) is 12.7. The highest BCUT2D eigenvalue weighted by Gasteiger charge is 2.18. The highest BCUT2D eigenvalue weighted by molar-refractivity contribution is 5.79. The number of pyridine rings is 1. The summed E-state index contributed by atoms with van der Waals surface area (Å²) in [5, 5.41) is 0.673. The molecular weight excluding hydrogens is 322 g/mol. The Labute approximate surface area is 152 Å². The van der Waals surface area contributed by atoms with Crippen molar-refractivity contribution in [3.8, 4) is 11.8 Å². The normalized spacial score (nSPS) is 16.4. The van der Waals surface area contributed by atoms with Gasteiger partial charge in [-0.2, -0.15) is 0 Å². The van der Waals surface area contributed by atoms with Crippen LogP contribution in [0, 0.1) is 17.8 Å². The van der Waals surface area contributed by atoms with E-state index in [1.165, 1.54) is 0 Å². The van der Waals surface area contributed by atoms with Gasteiger partial charge in [0.1, 0.15) is 11.5 Å². The Morgan fingerprint density at radius 3 is 2.92 bits per heavy atom. The number of aryl methyl sites for hydroxylation is 1. The molecule has 0 saturated heterocycles. The van der Waals surface area contributed by atoms with Gasteiger partial charge >= 0.3 is 0 Å². The number of fused-ring (bicyclic) bond motifs is 2. The minimum atomic E-state index is 0.0750. The van der Waals surface area contributed by atoms with Gasteiger partial charge in [0.05, 0.1) is 10.9 Å². The van der Waals surface area contributed by atoms with Gasteiger partial charge in [-0.25, -0.2) is 9.97 Å². The molecule has 1 aliphatic heterocycles. The fourth-order valence-electron chi connectivity index (χ4n) is 3.54. The Kier molecular flexibility index (Phi) is 4.53. The van der Waals surface area contributed by atoms with Crippen LogP contribution in [0.1, 0.15) is 43.3 Å². The smallest absolute Gasteiger partial charge is 0.261 e. The maximum atomic E-state index is 12.9. The van der Waals surface area contributed by atoms with Crippen molar-refractivity contribution >= 4 is 10.9 Å². The van der Waals surface area contributed by atoms with Gasteiger partial charge < -0.3 is 0 Å². The Morgan fingerprint density at radius 2 is 2.12 bits per heavy atom.